The fourth-order valence-electron chi connectivity index (χ4n) is 1.63. The topological polar surface area (TPSA) is 12.9 Å². The van der Waals surface area contributed by atoms with Crippen molar-refractivity contribution >= 4 is 0 Å². The smallest absolute Gasteiger partial charge is 0.0438 e. The molecule has 2 rings (SSSR count). The fraction of sp³-hybridized carbons (Fsp3) is 0.545. The molecule has 0 bridgehead atoms. The molecule has 0 fully saturated rings. The molecule has 0 aliphatic heterocycles. The van der Waals surface area contributed by atoms with Crippen LogP contribution in [0.2, 0.25) is 0 Å². The third-order valence-electron chi connectivity index (χ3n) is 2.22. The Kier molecular flexibility index (Phi) is 3.27. The highest BCUT2D eigenvalue weighted by atomic mass is 14.7. The molecular weight excluding hydrogens is 146 g/mol. The lowest BCUT2D eigenvalue weighted by Crippen LogP contribution is -1.89. The average Bonchev–Trinajstić information content (AvgIpc) is 2.57. The molecule has 0 unspecified atom stereocenters. The number of aromatic nitrogens is 1. The number of rotatable bonds is 0. The van der Waals surface area contributed by atoms with Gasteiger partial charge in [0, 0.05) is 11.9 Å². The van der Waals surface area contributed by atoms with E-state index in [-0.39, 0.29) is 0 Å². The zero-order valence-corrected chi connectivity index (χ0v) is 8.22. The standard InChI is InChI=1S/C9H11N.C2H6/c1-7-5-6-10-9-4-2-3-8(7)9;1-2/h5-6H,2-4H2,1H3;1-2H3. The summed E-state index contributed by atoms with van der Waals surface area (Å²) in [6.45, 7) is 6.17. The highest BCUT2D eigenvalue weighted by Crippen LogP contribution is 2.21. The molecule has 0 N–H and O–H groups in total. The Labute approximate surface area is 74.8 Å². The maximum Gasteiger partial charge on any atom is 0.0438 e. The summed E-state index contributed by atoms with van der Waals surface area (Å²) in [6, 6.07) is 2.10. The second kappa shape index (κ2) is 4.24. The third kappa shape index (κ3) is 1.66. The number of fused-ring (bicyclic) bond motifs is 1. The van der Waals surface area contributed by atoms with Crippen LogP contribution >= 0.6 is 0 Å². The fourth-order valence-corrected chi connectivity index (χ4v) is 1.63. The predicted octanol–water partition coefficient (Wildman–Crippen LogP) is 2.90. The van der Waals surface area contributed by atoms with E-state index in [4.69, 9.17) is 0 Å². The summed E-state index contributed by atoms with van der Waals surface area (Å²) in [5, 5.41) is 0. The molecule has 12 heavy (non-hydrogen) atoms. The number of aryl methyl sites for hydroxylation is 2. The van der Waals surface area contributed by atoms with E-state index in [9.17, 15) is 0 Å². The lowest BCUT2D eigenvalue weighted by molar-refractivity contribution is 0.898. The van der Waals surface area contributed by atoms with Crippen molar-refractivity contribution in [1.82, 2.24) is 4.98 Å². The van der Waals surface area contributed by atoms with Crippen LogP contribution in [-0.2, 0) is 12.8 Å². The number of hydrogen-bond acceptors (Lipinski definition) is 1. The second-order valence-electron chi connectivity index (χ2n) is 2.91. The number of nitrogens with zero attached hydrogens (tertiary/aromatic N) is 1. The highest BCUT2D eigenvalue weighted by Gasteiger charge is 2.12. The van der Waals surface area contributed by atoms with Gasteiger partial charge in [-0.25, -0.2) is 0 Å². The molecule has 0 aromatic carbocycles. The number of pyridine rings is 1. The molecule has 1 aromatic heterocycles. The van der Waals surface area contributed by atoms with E-state index in [2.05, 4.69) is 18.0 Å². The van der Waals surface area contributed by atoms with E-state index in [0.29, 0.717) is 0 Å². The van der Waals surface area contributed by atoms with Gasteiger partial charge < -0.3 is 0 Å². The lowest BCUT2D eigenvalue weighted by atomic mass is 10.1. The van der Waals surface area contributed by atoms with Crippen LogP contribution in [0, 0.1) is 6.92 Å². The second-order valence-corrected chi connectivity index (χ2v) is 2.91. The van der Waals surface area contributed by atoms with Gasteiger partial charge in [-0.15, -0.1) is 0 Å². The van der Waals surface area contributed by atoms with E-state index in [0.717, 1.165) is 0 Å². The van der Waals surface area contributed by atoms with Crippen molar-refractivity contribution in [2.24, 2.45) is 0 Å². The monoisotopic (exact) mass is 163 g/mol. The number of hydrogen-bond donors (Lipinski definition) is 0. The molecule has 1 nitrogen and oxygen atoms in total. The lowest BCUT2D eigenvalue weighted by Gasteiger charge is -1.99. The van der Waals surface area contributed by atoms with Crippen molar-refractivity contribution in [3.05, 3.63) is 29.1 Å². The predicted molar refractivity (Wildman–Crippen MR) is 52.3 cm³/mol. The van der Waals surface area contributed by atoms with Crippen LogP contribution in [-0.4, -0.2) is 4.98 Å². The van der Waals surface area contributed by atoms with Crippen molar-refractivity contribution in [1.29, 1.82) is 0 Å². The first kappa shape index (κ1) is 9.24. The van der Waals surface area contributed by atoms with Gasteiger partial charge in [0.2, 0.25) is 0 Å². The first-order valence-corrected chi connectivity index (χ1v) is 4.81. The molecule has 0 radical (unpaired) electrons. The summed E-state index contributed by atoms with van der Waals surface area (Å²) >= 11 is 0. The normalized spacial score (nSPS) is 13.2. The highest BCUT2D eigenvalue weighted by molar-refractivity contribution is 5.32. The third-order valence-corrected chi connectivity index (χ3v) is 2.22. The van der Waals surface area contributed by atoms with Gasteiger partial charge in [-0.1, -0.05) is 13.8 Å². The first-order chi connectivity index (χ1) is 5.88. The molecule has 1 aliphatic rings. The summed E-state index contributed by atoms with van der Waals surface area (Å²) in [6.07, 6.45) is 5.65. The van der Waals surface area contributed by atoms with Crippen LogP contribution in [0.4, 0.5) is 0 Å². The summed E-state index contributed by atoms with van der Waals surface area (Å²) in [4.78, 5) is 4.32. The van der Waals surface area contributed by atoms with Gasteiger partial charge in [-0.05, 0) is 43.4 Å². The minimum Gasteiger partial charge on any atom is -0.261 e. The van der Waals surface area contributed by atoms with Crippen molar-refractivity contribution in [2.45, 2.75) is 40.0 Å². The summed E-state index contributed by atoms with van der Waals surface area (Å²) < 4.78 is 0. The maximum atomic E-state index is 4.32. The molecule has 66 valence electrons. The van der Waals surface area contributed by atoms with E-state index in [1.807, 2.05) is 20.0 Å². The zero-order valence-electron chi connectivity index (χ0n) is 8.22. The largest absolute Gasteiger partial charge is 0.261 e. The average molecular weight is 163 g/mol. The molecule has 0 spiro atoms. The molecule has 1 aromatic rings. The Morgan fingerprint density at radius 3 is 2.67 bits per heavy atom. The summed E-state index contributed by atoms with van der Waals surface area (Å²) in [5.74, 6) is 0. The van der Waals surface area contributed by atoms with Crippen LogP contribution in [0.5, 0.6) is 0 Å². The van der Waals surface area contributed by atoms with E-state index in [1.54, 1.807) is 0 Å². The van der Waals surface area contributed by atoms with Gasteiger partial charge in [-0.2, -0.15) is 0 Å². The van der Waals surface area contributed by atoms with E-state index >= 15 is 0 Å². The quantitative estimate of drug-likeness (QED) is 0.573. The SMILES string of the molecule is CC.Cc1ccnc2c1CCC2. The molecule has 0 amide bonds. The van der Waals surface area contributed by atoms with Crippen molar-refractivity contribution < 1.29 is 0 Å². The van der Waals surface area contributed by atoms with Gasteiger partial charge in [-0.3, -0.25) is 4.98 Å². The first-order valence-electron chi connectivity index (χ1n) is 4.81. The van der Waals surface area contributed by atoms with Crippen molar-refractivity contribution in [2.75, 3.05) is 0 Å². The van der Waals surface area contributed by atoms with Gasteiger partial charge in [0.15, 0.2) is 0 Å². The van der Waals surface area contributed by atoms with E-state index in [1.165, 1.54) is 36.1 Å². The van der Waals surface area contributed by atoms with Crippen LogP contribution < -0.4 is 0 Å². The Hall–Kier alpha value is -0.850. The molecule has 0 atom stereocenters. The van der Waals surface area contributed by atoms with Gasteiger partial charge >= 0.3 is 0 Å². The molecule has 1 aliphatic carbocycles. The van der Waals surface area contributed by atoms with Crippen LogP contribution in [0.1, 0.15) is 37.1 Å². The Bertz CT molecular complexity index is 253. The Balaban J connectivity index is 0.000000336. The van der Waals surface area contributed by atoms with Crippen LogP contribution in [0.25, 0.3) is 0 Å². The van der Waals surface area contributed by atoms with Crippen molar-refractivity contribution in [3.63, 3.8) is 0 Å². The zero-order chi connectivity index (χ0) is 8.97. The summed E-state index contributed by atoms with van der Waals surface area (Å²) in [7, 11) is 0. The molecular formula is C11H17N. The maximum absolute atomic E-state index is 4.32. The summed E-state index contributed by atoms with van der Waals surface area (Å²) in [5.41, 5.74) is 4.25. The molecule has 0 saturated heterocycles. The van der Waals surface area contributed by atoms with Crippen molar-refractivity contribution in [3.8, 4) is 0 Å². The van der Waals surface area contributed by atoms with Gasteiger partial charge in [0.25, 0.3) is 0 Å². The van der Waals surface area contributed by atoms with Gasteiger partial charge in [0.05, 0.1) is 0 Å². The van der Waals surface area contributed by atoms with Gasteiger partial charge in [0.1, 0.15) is 0 Å². The Morgan fingerprint density at radius 1 is 1.25 bits per heavy atom. The molecule has 1 heterocycles. The van der Waals surface area contributed by atoms with E-state index < -0.39 is 0 Å². The van der Waals surface area contributed by atoms with Crippen LogP contribution in [0.15, 0.2) is 12.3 Å². The van der Waals surface area contributed by atoms with Crippen LogP contribution in [0.3, 0.4) is 0 Å². The molecule has 0 saturated carbocycles. The minimum absolute atomic E-state index is 1.19. The minimum atomic E-state index is 1.19. The molecule has 1 heteroatoms. The Morgan fingerprint density at radius 2 is 2.00 bits per heavy atom.